The van der Waals surface area contributed by atoms with E-state index in [1.54, 1.807) is 7.11 Å². The lowest BCUT2D eigenvalue weighted by atomic mass is 9.89. The highest BCUT2D eigenvalue weighted by Gasteiger charge is 2.30. The molecule has 0 saturated carbocycles. The van der Waals surface area contributed by atoms with E-state index < -0.39 is 0 Å². The first-order valence-corrected chi connectivity index (χ1v) is 7.54. The number of methoxy groups -OCH3 is 1. The minimum Gasteiger partial charge on any atom is -0.383 e. The lowest BCUT2D eigenvalue weighted by molar-refractivity contribution is 0.0625. The predicted molar refractivity (Wildman–Crippen MR) is 85.7 cm³/mol. The van der Waals surface area contributed by atoms with E-state index in [2.05, 4.69) is 56.9 Å². The summed E-state index contributed by atoms with van der Waals surface area (Å²) in [6.45, 7) is 10.6. The summed E-state index contributed by atoms with van der Waals surface area (Å²) >= 11 is 0. The lowest BCUT2D eigenvalue weighted by Crippen LogP contribution is -2.50. The quantitative estimate of drug-likeness (QED) is 0.794. The number of hydrogen-bond acceptors (Lipinski definition) is 3. The van der Waals surface area contributed by atoms with E-state index in [1.807, 2.05) is 6.07 Å². The second kappa shape index (κ2) is 8.40. The average Bonchev–Trinajstić information content (AvgIpc) is 2.43. The zero-order valence-electron chi connectivity index (χ0n) is 13.5. The molecule has 114 valence electrons. The second-order valence-corrected chi connectivity index (χ2v) is 6.00. The molecule has 0 saturated heterocycles. The first kappa shape index (κ1) is 17.2. The molecule has 20 heavy (non-hydrogen) atoms. The van der Waals surface area contributed by atoms with Crippen molar-refractivity contribution >= 4 is 0 Å². The third-order valence-corrected chi connectivity index (χ3v) is 3.84. The molecule has 3 nitrogen and oxygen atoms in total. The Bertz CT molecular complexity index is 365. The highest BCUT2D eigenvalue weighted by atomic mass is 16.5. The van der Waals surface area contributed by atoms with Crippen LogP contribution in [0.5, 0.6) is 0 Å². The van der Waals surface area contributed by atoms with Crippen LogP contribution in [0.25, 0.3) is 0 Å². The summed E-state index contributed by atoms with van der Waals surface area (Å²) in [5.74, 6) is 0.490. The minimum atomic E-state index is 0.0236. The van der Waals surface area contributed by atoms with Gasteiger partial charge in [0.05, 0.1) is 6.61 Å². The van der Waals surface area contributed by atoms with Gasteiger partial charge in [-0.2, -0.15) is 0 Å². The van der Waals surface area contributed by atoms with Gasteiger partial charge in [0.25, 0.3) is 0 Å². The van der Waals surface area contributed by atoms with Crippen LogP contribution in [0.15, 0.2) is 30.3 Å². The first-order chi connectivity index (χ1) is 9.49. The van der Waals surface area contributed by atoms with Gasteiger partial charge in [0.2, 0.25) is 0 Å². The van der Waals surface area contributed by atoms with E-state index >= 15 is 0 Å². The Morgan fingerprint density at radius 3 is 2.15 bits per heavy atom. The summed E-state index contributed by atoms with van der Waals surface area (Å²) in [6, 6.07) is 11.2. The van der Waals surface area contributed by atoms with Crippen molar-refractivity contribution in [1.82, 2.24) is 4.90 Å². The molecule has 0 aliphatic heterocycles. The van der Waals surface area contributed by atoms with Crippen LogP contribution in [0.4, 0.5) is 0 Å². The van der Waals surface area contributed by atoms with Crippen molar-refractivity contribution in [3.8, 4) is 0 Å². The second-order valence-electron chi connectivity index (χ2n) is 6.00. The van der Waals surface area contributed by atoms with Crippen LogP contribution in [0.3, 0.4) is 0 Å². The van der Waals surface area contributed by atoms with Crippen molar-refractivity contribution in [1.29, 1.82) is 0 Å². The van der Waals surface area contributed by atoms with Crippen LogP contribution >= 0.6 is 0 Å². The van der Waals surface area contributed by atoms with Crippen molar-refractivity contribution in [3.63, 3.8) is 0 Å². The topological polar surface area (TPSA) is 38.5 Å². The highest BCUT2D eigenvalue weighted by molar-refractivity contribution is 5.20. The van der Waals surface area contributed by atoms with Crippen molar-refractivity contribution < 1.29 is 4.74 Å². The Balaban J connectivity index is 2.96. The van der Waals surface area contributed by atoms with Crippen LogP contribution < -0.4 is 5.73 Å². The fourth-order valence-corrected chi connectivity index (χ4v) is 2.82. The molecule has 0 aliphatic carbocycles. The predicted octanol–water partition coefficient (Wildman–Crippen LogP) is 3.07. The van der Waals surface area contributed by atoms with E-state index in [9.17, 15) is 0 Å². The van der Waals surface area contributed by atoms with Gasteiger partial charge >= 0.3 is 0 Å². The normalized spacial score (nSPS) is 15.1. The summed E-state index contributed by atoms with van der Waals surface area (Å²) in [5.41, 5.74) is 7.77. The maximum absolute atomic E-state index is 6.57. The number of nitrogens with two attached hydrogens (primary N) is 1. The number of hydrogen-bond donors (Lipinski definition) is 1. The van der Waals surface area contributed by atoms with Gasteiger partial charge in [-0.05, 0) is 25.3 Å². The van der Waals surface area contributed by atoms with Gasteiger partial charge in [-0.25, -0.2) is 0 Å². The van der Waals surface area contributed by atoms with Gasteiger partial charge in [-0.15, -0.1) is 0 Å². The third-order valence-electron chi connectivity index (χ3n) is 3.84. The molecule has 2 N–H and O–H groups in total. The summed E-state index contributed by atoms with van der Waals surface area (Å²) < 4.78 is 5.26. The first-order valence-electron chi connectivity index (χ1n) is 7.54. The molecular weight excluding hydrogens is 248 g/mol. The van der Waals surface area contributed by atoms with Crippen molar-refractivity contribution in [2.75, 3.05) is 20.3 Å². The fourth-order valence-electron chi connectivity index (χ4n) is 2.82. The van der Waals surface area contributed by atoms with Gasteiger partial charge in [0.15, 0.2) is 0 Å². The van der Waals surface area contributed by atoms with Crippen LogP contribution in [-0.2, 0) is 4.74 Å². The van der Waals surface area contributed by atoms with E-state index in [4.69, 9.17) is 10.5 Å². The summed E-state index contributed by atoms with van der Waals surface area (Å²) in [4.78, 5) is 2.46. The van der Waals surface area contributed by atoms with Crippen LogP contribution in [0.2, 0.25) is 0 Å². The highest BCUT2D eigenvalue weighted by Crippen LogP contribution is 2.26. The van der Waals surface area contributed by atoms with Crippen molar-refractivity contribution in [2.24, 2.45) is 11.7 Å². The Morgan fingerprint density at radius 2 is 1.70 bits per heavy atom. The van der Waals surface area contributed by atoms with Gasteiger partial charge in [0, 0.05) is 31.8 Å². The molecule has 0 fully saturated rings. The Kier molecular flexibility index (Phi) is 7.20. The summed E-state index contributed by atoms with van der Waals surface area (Å²) in [6.07, 6.45) is 0. The van der Waals surface area contributed by atoms with Crippen molar-refractivity contribution in [2.45, 2.75) is 45.8 Å². The number of rotatable bonds is 8. The van der Waals surface area contributed by atoms with Crippen LogP contribution in [0.1, 0.15) is 39.3 Å². The molecule has 0 spiro atoms. The molecule has 0 aliphatic rings. The van der Waals surface area contributed by atoms with Crippen molar-refractivity contribution in [3.05, 3.63) is 35.9 Å². The maximum Gasteiger partial charge on any atom is 0.0589 e. The Morgan fingerprint density at radius 1 is 1.10 bits per heavy atom. The molecule has 0 heterocycles. The average molecular weight is 278 g/mol. The molecule has 2 unspecified atom stereocenters. The van der Waals surface area contributed by atoms with Crippen LogP contribution in [-0.4, -0.2) is 37.2 Å². The molecule has 2 atom stereocenters. The van der Waals surface area contributed by atoms with Gasteiger partial charge < -0.3 is 10.5 Å². The smallest absolute Gasteiger partial charge is 0.0589 e. The Hall–Kier alpha value is -0.900. The number of benzene rings is 1. The molecule has 1 aromatic carbocycles. The monoisotopic (exact) mass is 278 g/mol. The minimum absolute atomic E-state index is 0.0236. The lowest BCUT2D eigenvalue weighted by Gasteiger charge is -2.41. The Labute approximate surface area is 124 Å². The molecule has 0 radical (unpaired) electrons. The summed E-state index contributed by atoms with van der Waals surface area (Å²) in [7, 11) is 1.75. The fraction of sp³-hybridized carbons (Fsp3) is 0.647. The molecule has 3 heteroatoms. The standard InChI is InChI=1S/C17H30N2O/c1-13(2)17(19(14(3)4)11-12-20-5)16(18)15-9-7-6-8-10-15/h6-10,13-14,16-17H,11-12,18H2,1-5H3. The van der Waals surface area contributed by atoms with E-state index in [1.165, 1.54) is 5.56 Å². The summed E-state index contributed by atoms with van der Waals surface area (Å²) in [5, 5.41) is 0. The molecule has 1 aromatic rings. The molecule has 0 bridgehead atoms. The number of ether oxygens (including phenoxy) is 1. The van der Waals surface area contributed by atoms with E-state index in [-0.39, 0.29) is 6.04 Å². The zero-order chi connectivity index (χ0) is 15.1. The SMILES string of the molecule is COCCN(C(C)C)C(C(C)C)C(N)c1ccccc1. The zero-order valence-corrected chi connectivity index (χ0v) is 13.5. The molecule has 1 rings (SSSR count). The largest absolute Gasteiger partial charge is 0.383 e. The molecule has 0 aromatic heterocycles. The van der Waals surface area contributed by atoms with E-state index in [0.29, 0.717) is 18.0 Å². The van der Waals surface area contributed by atoms with Gasteiger partial charge in [0.1, 0.15) is 0 Å². The number of nitrogens with zero attached hydrogens (tertiary/aromatic N) is 1. The van der Waals surface area contributed by atoms with Gasteiger partial charge in [-0.1, -0.05) is 44.2 Å². The van der Waals surface area contributed by atoms with Crippen LogP contribution in [0, 0.1) is 5.92 Å². The van der Waals surface area contributed by atoms with Gasteiger partial charge in [-0.3, -0.25) is 4.90 Å². The maximum atomic E-state index is 6.57. The van der Waals surface area contributed by atoms with E-state index in [0.717, 1.165) is 13.2 Å². The molecular formula is C17H30N2O. The molecule has 0 amide bonds. The third kappa shape index (κ3) is 4.58.